The maximum absolute atomic E-state index is 6.60. The van der Waals surface area contributed by atoms with Gasteiger partial charge in [0.15, 0.2) is 23.1 Å². The van der Waals surface area contributed by atoms with Crippen LogP contribution in [0.4, 0.5) is 17.3 Å². The second-order valence-corrected chi connectivity index (χ2v) is 9.03. The molecule has 3 aliphatic heterocycles. The van der Waals surface area contributed by atoms with Crippen molar-refractivity contribution in [1.29, 1.82) is 0 Å². The first-order chi connectivity index (χ1) is 15.6. The largest absolute Gasteiger partial charge is 0.454 e. The Balaban J connectivity index is 1.21. The average molecular weight is 440 g/mol. The van der Waals surface area contributed by atoms with Gasteiger partial charge in [0.25, 0.3) is 0 Å². The van der Waals surface area contributed by atoms with Crippen molar-refractivity contribution in [2.24, 2.45) is 0 Å². The highest BCUT2D eigenvalue weighted by Crippen LogP contribution is 2.34. The zero-order valence-electron chi connectivity index (χ0n) is 19.0. The van der Waals surface area contributed by atoms with E-state index in [9.17, 15) is 0 Å². The summed E-state index contributed by atoms with van der Waals surface area (Å²) in [6.45, 7) is 7.12. The van der Waals surface area contributed by atoms with Gasteiger partial charge in [-0.2, -0.15) is 0 Å². The summed E-state index contributed by atoms with van der Waals surface area (Å²) in [7, 11) is 4.29. The standard InChI is InChI=1S/C23H33N7O2/c1-27-7-5-18(6-8-27)28(2)22-21(24)23(26-15-25-22)30-11-9-29(10-12-30)14-17-3-4-19-20(13-17)32-16-31-19/h3-4,13,15,18H,5-12,14,16,24H2,1-2H3. The van der Waals surface area contributed by atoms with Gasteiger partial charge in [0, 0.05) is 45.8 Å². The lowest BCUT2D eigenvalue weighted by atomic mass is 10.0. The molecule has 0 saturated carbocycles. The number of rotatable bonds is 5. The number of nitrogens with two attached hydrogens (primary N) is 1. The first-order valence-corrected chi connectivity index (χ1v) is 11.5. The lowest BCUT2D eigenvalue weighted by Crippen LogP contribution is -2.46. The minimum Gasteiger partial charge on any atom is -0.454 e. The molecule has 9 heteroatoms. The summed E-state index contributed by atoms with van der Waals surface area (Å²) in [6, 6.07) is 6.67. The molecule has 2 N–H and O–H groups in total. The van der Waals surface area contributed by atoms with Gasteiger partial charge < -0.3 is 29.9 Å². The number of fused-ring (bicyclic) bond motifs is 1. The van der Waals surface area contributed by atoms with Gasteiger partial charge in [-0.3, -0.25) is 4.90 Å². The van der Waals surface area contributed by atoms with Crippen LogP contribution in [-0.2, 0) is 6.54 Å². The van der Waals surface area contributed by atoms with Gasteiger partial charge in [-0.15, -0.1) is 0 Å². The van der Waals surface area contributed by atoms with Gasteiger partial charge in [-0.05, 0) is 50.7 Å². The van der Waals surface area contributed by atoms with Crippen molar-refractivity contribution in [2.45, 2.75) is 25.4 Å². The molecule has 2 fully saturated rings. The Morgan fingerprint density at radius 1 is 1.03 bits per heavy atom. The van der Waals surface area contributed by atoms with Crippen molar-refractivity contribution < 1.29 is 9.47 Å². The number of piperazine rings is 1. The molecular weight excluding hydrogens is 406 g/mol. The van der Waals surface area contributed by atoms with E-state index in [1.807, 2.05) is 6.07 Å². The van der Waals surface area contributed by atoms with Crippen molar-refractivity contribution in [1.82, 2.24) is 19.8 Å². The third kappa shape index (κ3) is 4.27. The second kappa shape index (κ2) is 8.99. The van der Waals surface area contributed by atoms with Crippen LogP contribution in [0.2, 0.25) is 0 Å². The number of ether oxygens (including phenoxy) is 2. The number of piperidine rings is 1. The summed E-state index contributed by atoms with van der Waals surface area (Å²) in [6.07, 6.45) is 3.92. The number of benzene rings is 1. The highest BCUT2D eigenvalue weighted by molar-refractivity contribution is 5.76. The molecule has 0 radical (unpaired) electrons. The number of nitrogen functional groups attached to an aromatic ring is 1. The van der Waals surface area contributed by atoms with Crippen LogP contribution in [-0.4, -0.2) is 86.0 Å². The molecule has 3 aliphatic rings. The van der Waals surface area contributed by atoms with E-state index in [-0.39, 0.29) is 0 Å². The Kier molecular flexibility index (Phi) is 5.93. The van der Waals surface area contributed by atoms with Crippen molar-refractivity contribution in [3.63, 3.8) is 0 Å². The highest BCUT2D eigenvalue weighted by atomic mass is 16.7. The number of hydrogen-bond acceptors (Lipinski definition) is 9. The zero-order chi connectivity index (χ0) is 22.1. The number of anilines is 3. The van der Waals surface area contributed by atoms with E-state index in [0.29, 0.717) is 18.5 Å². The number of aromatic nitrogens is 2. The Morgan fingerprint density at radius 2 is 1.78 bits per heavy atom. The Morgan fingerprint density at radius 3 is 2.56 bits per heavy atom. The molecule has 0 bridgehead atoms. The van der Waals surface area contributed by atoms with Crippen LogP contribution in [0, 0.1) is 0 Å². The van der Waals surface area contributed by atoms with Crippen molar-refractivity contribution in [2.75, 3.05) is 75.7 Å². The molecule has 0 amide bonds. The molecule has 9 nitrogen and oxygen atoms in total. The van der Waals surface area contributed by atoms with Crippen molar-refractivity contribution in [3.8, 4) is 11.5 Å². The normalized spacial score (nSPS) is 20.0. The lowest BCUT2D eigenvalue weighted by Gasteiger charge is -2.38. The summed E-state index contributed by atoms with van der Waals surface area (Å²) in [5, 5.41) is 0. The Hall–Kier alpha value is -2.78. The number of nitrogens with zero attached hydrogens (tertiary/aromatic N) is 6. The molecule has 1 aromatic carbocycles. The minimum atomic E-state index is 0.312. The van der Waals surface area contributed by atoms with E-state index < -0.39 is 0 Å². The molecule has 2 saturated heterocycles. The number of hydrogen-bond donors (Lipinski definition) is 1. The third-order valence-corrected chi connectivity index (χ3v) is 6.93. The van der Waals surface area contributed by atoms with Crippen LogP contribution >= 0.6 is 0 Å². The van der Waals surface area contributed by atoms with E-state index in [2.05, 4.69) is 55.8 Å². The highest BCUT2D eigenvalue weighted by Gasteiger charge is 2.26. The van der Waals surface area contributed by atoms with E-state index >= 15 is 0 Å². The van der Waals surface area contributed by atoms with Crippen LogP contribution in [0.25, 0.3) is 0 Å². The monoisotopic (exact) mass is 439 g/mol. The van der Waals surface area contributed by atoms with E-state index in [4.69, 9.17) is 15.2 Å². The number of likely N-dealkylation sites (tertiary alicyclic amines) is 1. The molecule has 4 heterocycles. The first kappa shape index (κ1) is 21.1. The van der Waals surface area contributed by atoms with E-state index in [1.54, 1.807) is 6.33 Å². The van der Waals surface area contributed by atoms with Gasteiger partial charge in [-0.25, -0.2) is 9.97 Å². The van der Waals surface area contributed by atoms with E-state index in [0.717, 1.165) is 81.8 Å². The summed E-state index contributed by atoms with van der Waals surface area (Å²) in [5.41, 5.74) is 8.54. The SMILES string of the molecule is CN1CCC(N(C)c2ncnc(N3CCN(Cc4ccc5c(c4)OCO5)CC3)c2N)CC1. The quantitative estimate of drug-likeness (QED) is 0.747. The van der Waals surface area contributed by atoms with Crippen LogP contribution in [0.5, 0.6) is 11.5 Å². The topological polar surface area (TPSA) is 83.2 Å². The maximum Gasteiger partial charge on any atom is 0.231 e. The summed E-state index contributed by atoms with van der Waals surface area (Å²) in [4.78, 5) is 18.5. The van der Waals surface area contributed by atoms with Crippen molar-refractivity contribution >= 4 is 17.3 Å². The van der Waals surface area contributed by atoms with Crippen molar-refractivity contribution in [3.05, 3.63) is 30.1 Å². The first-order valence-electron chi connectivity index (χ1n) is 11.5. The molecule has 0 aliphatic carbocycles. The maximum atomic E-state index is 6.60. The summed E-state index contributed by atoms with van der Waals surface area (Å²) < 4.78 is 10.9. The molecule has 0 spiro atoms. The molecule has 0 unspecified atom stereocenters. The molecule has 5 rings (SSSR count). The summed E-state index contributed by atoms with van der Waals surface area (Å²) >= 11 is 0. The minimum absolute atomic E-state index is 0.312. The van der Waals surface area contributed by atoms with Crippen LogP contribution in [0.1, 0.15) is 18.4 Å². The average Bonchev–Trinajstić information content (AvgIpc) is 3.28. The fourth-order valence-electron chi connectivity index (χ4n) is 4.88. The fourth-order valence-corrected chi connectivity index (χ4v) is 4.88. The Bertz CT molecular complexity index is 940. The molecule has 2 aromatic rings. The van der Waals surface area contributed by atoms with E-state index in [1.165, 1.54) is 5.56 Å². The smallest absolute Gasteiger partial charge is 0.231 e. The predicted octanol–water partition coefficient (Wildman–Crippen LogP) is 1.64. The van der Waals surface area contributed by atoms with Crippen LogP contribution in [0.3, 0.4) is 0 Å². The van der Waals surface area contributed by atoms with Crippen LogP contribution < -0.4 is 25.0 Å². The lowest BCUT2D eigenvalue weighted by molar-refractivity contribution is 0.174. The second-order valence-electron chi connectivity index (χ2n) is 9.03. The molecule has 32 heavy (non-hydrogen) atoms. The van der Waals surface area contributed by atoms with Gasteiger partial charge >= 0.3 is 0 Å². The fraction of sp³-hybridized carbons (Fsp3) is 0.565. The van der Waals surface area contributed by atoms with Gasteiger partial charge in [0.2, 0.25) is 6.79 Å². The molecule has 1 aromatic heterocycles. The molecule has 0 atom stereocenters. The Labute approximate surface area is 189 Å². The predicted molar refractivity (Wildman–Crippen MR) is 125 cm³/mol. The van der Waals surface area contributed by atoms with Gasteiger partial charge in [0.1, 0.15) is 12.0 Å². The van der Waals surface area contributed by atoms with Crippen LogP contribution in [0.15, 0.2) is 24.5 Å². The zero-order valence-corrected chi connectivity index (χ0v) is 19.0. The van der Waals surface area contributed by atoms with Gasteiger partial charge in [0.05, 0.1) is 0 Å². The summed E-state index contributed by atoms with van der Waals surface area (Å²) in [5.74, 6) is 3.39. The van der Waals surface area contributed by atoms with Gasteiger partial charge in [-0.1, -0.05) is 6.07 Å². The third-order valence-electron chi connectivity index (χ3n) is 6.93. The molecular formula is C23H33N7O2. The molecule has 172 valence electrons.